The van der Waals surface area contributed by atoms with Gasteiger partial charge in [-0.1, -0.05) is 23.7 Å². The van der Waals surface area contributed by atoms with Gasteiger partial charge in [0.1, 0.15) is 6.04 Å². The molecule has 0 aliphatic carbocycles. The Kier molecular flexibility index (Phi) is 6.83. The molecule has 20 heavy (non-hydrogen) atoms. The first-order valence-electron chi connectivity index (χ1n) is 6.03. The number of amides is 2. The van der Waals surface area contributed by atoms with Crippen LogP contribution in [0.5, 0.6) is 0 Å². The van der Waals surface area contributed by atoms with Crippen molar-refractivity contribution in [3.05, 3.63) is 34.9 Å². The Morgan fingerprint density at radius 2 is 2.00 bits per heavy atom. The monoisotopic (exact) mass is 300 g/mol. The zero-order valence-corrected chi connectivity index (χ0v) is 11.8. The second kappa shape index (κ2) is 8.39. The summed E-state index contributed by atoms with van der Waals surface area (Å²) in [5, 5.41) is 14.5. The molecule has 3 N–H and O–H groups in total. The molecular formula is C13H17ClN2O4. The fourth-order valence-corrected chi connectivity index (χ4v) is 1.61. The number of methoxy groups -OCH3 is 1. The summed E-state index contributed by atoms with van der Waals surface area (Å²) in [5.41, 5.74) is 0.869. The Hall–Kier alpha value is -1.79. The zero-order valence-electron chi connectivity index (χ0n) is 11.1. The van der Waals surface area contributed by atoms with Crippen molar-refractivity contribution in [3.63, 3.8) is 0 Å². The third-order valence-electron chi connectivity index (χ3n) is 2.58. The first kappa shape index (κ1) is 16.3. The maximum Gasteiger partial charge on any atom is 0.326 e. The van der Waals surface area contributed by atoms with E-state index in [-0.39, 0.29) is 13.0 Å². The molecule has 1 aromatic carbocycles. The number of hydrogen-bond donors (Lipinski definition) is 3. The summed E-state index contributed by atoms with van der Waals surface area (Å²) in [6.07, 6.45) is 0.209. The van der Waals surface area contributed by atoms with E-state index in [2.05, 4.69) is 10.6 Å². The molecule has 1 aromatic rings. The van der Waals surface area contributed by atoms with Crippen molar-refractivity contribution >= 4 is 23.6 Å². The molecule has 0 heterocycles. The van der Waals surface area contributed by atoms with Gasteiger partial charge < -0.3 is 20.5 Å². The number of aliphatic carboxylic acids is 1. The molecule has 0 aromatic heterocycles. The maximum atomic E-state index is 11.6. The van der Waals surface area contributed by atoms with Gasteiger partial charge in [0.25, 0.3) is 0 Å². The largest absolute Gasteiger partial charge is 0.480 e. The van der Waals surface area contributed by atoms with E-state index in [0.717, 1.165) is 5.56 Å². The fraction of sp³-hybridized carbons (Fsp3) is 0.385. The van der Waals surface area contributed by atoms with Crippen LogP contribution in [0, 0.1) is 0 Å². The molecule has 0 saturated carbocycles. The molecule has 6 nitrogen and oxygen atoms in total. The molecule has 7 heteroatoms. The second-order valence-corrected chi connectivity index (χ2v) is 4.56. The fourth-order valence-electron chi connectivity index (χ4n) is 1.49. The number of halogens is 1. The summed E-state index contributed by atoms with van der Waals surface area (Å²) in [4.78, 5) is 22.5. The van der Waals surface area contributed by atoms with Crippen molar-refractivity contribution in [3.8, 4) is 0 Å². The van der Waals surface area contributed by atoms with Gasteiger partial charge in [-0.15, -0.1) is 0 Å². The molecule has 0 bridgehead atoms. The zero-order chi connectivity index (χ0) is 15.0. The second-order valence-electron chi connectivity index (χ2n) is 4.13. The van der Waals surface area contributed by atoms with Gasteiger partial charge >= 0.3 is 12.0 Å². The van der Waals surface area contributed by atoms with Crippen molar-refractivity contribution in [1.82, 2.24) is 10.6 Å². The van der Waals surface area contributed by atoms with Crippen LogP contribution in [0.3, 0.4) is 0 Å². The number of carbonyl (C=O) groups excluding carboxylic acids is 1. The van der Waals surface area contributed by atoms with Gasteiger partial charge in [0.2, 0.25) is 0 Å². The maximum absolute atomic E-state index is 11.6. The highest BCUT2D eigenvalue weighted by molar-refractivity contribution is 6.30. The summed E-state index contributed by atoms with van der Waals surface area (Å²) in [6, 6.07) is 5.48. The summed E-state index contributed by atoms with van der Waals surface area (Å²) >= 11 is 5.75. The number of nitrogens with one attached hydrogen (secondary N) is 2. The molecule has 1 unspecified atom stereocenters. The molecule has 1 rings (SSSR count). The van der Waals surface area contributed by atoms with E-state index in [1.54, 1.807) is 24.3 Å². The van der Waals surface area contributed by atoms with E-state index in [9.17, 15) is 9.59 Å². The number of carboxylic acid groups (broad SMARTS) is 1. The quantitative estimate of drug-likeness (QED) is 0.714. The molecule has 0 aliphatic heterocycles. The van der Waals surface area contributed by atoms with Crippen LogP contribution in [0.15, 0.2) is 24.3 Å². The number of carbonyl (C=O) groups is 2. The number of rotatable bonds is 7. The third-order valence-corrected chi connectivity index (χ3v) is 2.83. The minimum Gasteiger partial charge on any atom is -0.480 e. The van der Waals surface area contributed by atoms with E-state index in [1.807, 2.05) is 0 Å². The Morgan fingerprint density at radius 1 is 1.35 bits per heavy atom. The van der Waals surface area contributed by atoms with Crippen LogP contribution in [0.2, 0.25) is 5.02 Å². The van der Waals surface area contributed by atoms with E-state index in [0.29, 0.717) is 11.6 Å². The van der Waals surface area contributed by atoms with E-state index < -0.39 is 18.0 Å². The Morgan fingerprint density at radius 3 is 2.55 bits per heavy atom. The molecule has 2 amide bonds. The molecule has 1 atom stereocenters. The van der Waals surface area contributed by atoms with Crippen LogP contribution in [0.25, 0.3) is 0 Å². The van der Waals surface area contributed by atoms with E-state index in [4.69, 9.17) is 21.4 Å². The normalized spacial score (nSPS) is 11.7. The SMILES string of the molecule is COCCC(NC(=O)NCc1ccc(Cl)cc1)C(=O)O. The topological polar surface area (TPSA) is 87.7 Å². The molecule has 0 aliphatic rings. The Labute approximate surface area is 122 Å². The molecular weight excluding hydrogens is 284 g/mol. The van der Waals surface area contributed by atoms with E-state index >= 15 is 0 Å². The van der Waals surface area contributed by atoms with Crippen molar-refractivity contribution < 1.29 is 19.4 Å². The molecule has 110 valence electrons. The highest BCUT2D eigenvalue weighted by Gasteiger charge is 2.19. The highest BCUT2D eigenvalue weighted by Crippen LogP contribution is 2.09. The highest BCUT2D eigenvalue weighted by atomic mass is 35.5. The van der Waals surface area contributed by atoms with Gasteiger partial charge in [-0.25, -0.2) is 9.59 Å². The summed E-state index contributed by atoms with van der Waals surface area (Å²) in [6.45, 7) is 0.550. The lowest BCUT2D eigenvalue weighted by atomic mass is 10.2. The lowest BCUT2D eigenvalue weighted by Gasteiger charge is -2.14. The van der Waals surface area contributed by atoms with E-state index in [1.165, 1.54) is 7.11 Å². The summed E-state index contributed by atoms with van der Waals surface area (Å²) < 4.78 is 4.80. The van der Waals surface area contributed by atoms with Crippen molar-refractivity contribution in [1.29, 1.82) is 0 Å². The number of ether oxygens (including phenoxy) is 1. The third kappa shape index (κ3) is 5.90. The molecule has 0 fully saturated rings. The molecule has 0 spiro atoms. The predicted molar refractivity (Wildman–Crippen MR) is 74.7 cm³/mol. The van der Waals surface area contributed by atoms with Crippen LogP contribution < -0.4 is 10.6 Å². The first-order valence-corrected chi connectivity index (χ1v) is 6.41. The lowest BCUT2D eigenvalue weighted by Crippen LogP contribution is -2.46. The van der Waals surface area contributed by atoms with Crippen LogP contribution in [0.1, 0.15) is 12.0 Å². The van der Waals surface area contributed by atoms with Gasteiger partial charge in [-0.05, 0) is 17.7 Å². The lowest BCUT2D eigenvalue weighted by molar-refractivity contribution is -0.139. The number of benzene rings is 1. The average molecular weight is 301 g/mol. The minimum atomic E-state index is -1.09. The average Bonchev–Trinajstić information content (AvgIpc) is 2.42. The Balaban J connectivity index is 2.41. The standard InChI is InChI=1S/C13H17ClN2O4/c1-20-7-6-11(12(17)18)16-13(19)15-8-9-2-4-10(14)5-3-9/h2-5,11H,6-8H2,1H3,(H,17,18)(H2,15,16,19). The minimum absolute atomic E-state index is 0.209. The van der Waals surface area contributed by atoms with Crippen LogP contribution in [-0.2, 0) is 16.1 Å². The van der Waals surface area contributed by atoms with Crippen LogP contribution in [-0.4, -0.2) is 36.9 Å². The number of urea groups is 1. The van der Waals surface area contributed by atoms with Gasteiger partial charge in [0.15, 0.2) is 0 Å². The summed E-state index contributed by atoms with van der Waals surface area (Å²) in [5.74, 6) is -1.09. The van der Waals surface area contributed by atoms with Crippen molar-refractivity contribution in [2.75, 3.05) is 13.7 Å². The van der Waals surface area contributed by atoms with Gasteiger partial charge in [0, 0.05) is 31.7 Å². The van der Waals surface area contributed by atoms with Gasteiger partial charge in [-0.3, -0.25) is 0 Å². The Bertz CT molecular complexity index is 450. The predicted octanol–water partition coefficient (Wildman–Crippen LogP) is 1.63. The molecule has 0 saturated heterocycles. The smallest absolute Gasteiger partial charge is 0.326 e. The first-order chi connectivity index (χ1) is 9.52. The van der Waals surface area contributed by atoms with Crippen molar-refractivity contribution in [2.45, 2.75) is 19.0 Å². The van der Waals surface area contributed by atoms with Gasteiger partial charge in [-0.2, -0.15) is 0 Å². The van der Waals surface area contributed by atoms with Crippen molar-refractivity contribution in [2.24, 2.45) is 0 Å². The number of carboxylic acids is 1. The summed E-state index contributed by atoms with van der Waals surface area (Å²) in [7, 11) is 1.47. The van der Waals surface area contributed by atoms with Crippen LogP contribution in [0.4, 0.5) is 4.79 Å². The molecule has 0 radical (unpaired) electrons. The number of hydrogen-bond acceptors (Lipinski definition) is 3. The van der Waals surface area contributed by atoms with Crippen LogP contribution >= 0.6 is 11.6 Å². The van der Waals surface area contributed by atoms with Gasteiger partial charge in [0.05, 0.1) is 0 Å².